The van der Waals surface area contributed by atoms with Crippen LogP contribution in [0.2, 0.25) is 0 Å². The first-order valence-electron chi connectivity index (χ1n) is 9.28. The Morgan fingerprint density at radius 1 is 1.31 bits per heavy atom. The number of carbonyl (C=O) groups is 2. The lowest BCUT2D eigenvalue weighted by atomic mass is 9.64. The Morgan fingerprint density at radius 2 is 2.04 bits per heavy atom. The summed E-state index contributed by atoms with van der Waals surface area (Å²) in [4.78, 5) is 23.8. The zero-order valence-corrected chi connectivity index (χ0v) is 15.9. The molecule has 3 N–H and O–H groups in total. The zero-order chi connectivity index (χ0) is 19.1. The van der Waals surface area contributed by atoms with E-state index in [-0.39, 0.29) is 35.3 Å². The number of phenols is 1. The summed E-state index contributed by atoms with van der Waals surface area (Å²) >= 11 is 0. The third-order valence-corrected chi connectivity index (χ3v) is 5.86. The molecule has 0 unspecified atom stereocenters. The lowest BCUT2D eigenvalue weighted by molar-refractivity contribution is -0.119. The van der Waals surface area contributed by atoms with Gasteiger partial charge in [-0.15, -0.1) is 0 Å². The Balaban J connectivity index is 1.95. The van der Waals surface area contributed by atoms with E-state index in [0.29, 0.717) is 17.6 Å². The smallest absolute Gasteiger partial charge is 0.255 e. The quantitative estimate of drug-likeness (QED) is 0.773. The predicted octanol–water partition coefficient (Wildman–Crippen LogP) is 2.56. The van der Waals surface area contributed by atoms with Crippen molar-refractivity contribution in [2.24, 2.45) is 11.8 Å². The van der Waals surface area contributed by atoms with Crippen LogP contribution in [0.5, 0.6) is 11.5 Å². The molecule has 1 aliphatic carbocycles. The number of aromatic hydroxyl groups is 1. The first-order valence-corrected chi connectivity index (χ1v) is 9.28. The third kappa shape index (κ3) is 3.24. The van der Waals surface area contributed by atoms with Crippen LogP contribution in [0, 0.1) is 11.8 Å². The van der Waals surface area contributed by atoms with Crippen molar-refractivity contribution in [2.45, 2.75) is 51.6 Å². The van der Waals surface area contributed by atoms with Gasteiger partial charge in [0.2, 0.25) is 5.91 Å². The second-order valence-corrected chi connectivity index (χ2v) is 8.07. The van der Waals surface area contributed by atoms with E-state index in [2.05, 4.69) is 31.4 Å². The lowest BCUT2D eigenvalue weighted by Gasteiger charge is -2.48. The molecule has 6 nitrogen and oxygen atoms in total. The van der Waals surface area contributed by atoms with E-state index in [1.54, 1.807) is 12.1 Å². The van der Waals surface area contributed by atoms with E-state index >= 15 is 0 Å². The molecule has 0 bridgehead atoms. The Kier molecular flexibility index (Phi) is 4.86. The van der Waals surface area contributed by atoms with Crippen LogP contribution in [-0.4, -0.2) is 36.1 Å². The van der Waals surface area contributed by atoms with Crippen molar-refractivity contribution in [1.82, 2.24) is 10.6 Å². The maximum atomic E-state index is 12.4. The van der Waals surface area contributed by atoms with Gasteiger partial charge >= 0.3 is 0 Å². The average molecular weight is 360 g/mol. The van der Waals surface area contributed by atoms with Gasteiger partial charge in [0.05, 0.1) is 12.1 Å². The van der Waals surface area contributed by atoms with Crippen LogP contribution in [0.4, 0.5) is 0 Å². The summed E-state index contributed by atoms with van der Waals surface area (Å²) < 4.78 is 6.20. The van der Waals surface area contributed by atoms with Gasteiger partial charge in [0, 0.05) is 18.5 Å². The number of likely N-dealkylation sites (N-methyl/N-ethyl adjacent to an activating group) is 1. The van der Waals surface area contributed by atoms with E-state index in [1.165, 1.54) is 7.05 Å². The minimum Gasteiger partial charge on any atom is -0.507 e. The highest BCUT2D eigenvalue weighted by Gasteiger charge is 2.47. The van der Waals surface area contributed by atoms with Crippen LogP contribution >= 0.6 is 0 Å². The van der Waals surface area contributed by atoms with E-state index in [0.717, 1.165) is 24.8 Å². The molecular formula is C20H28N2O4. The molecule has 3 rings (SSSR count). The Labute approximate surface area is 154 Å². The van der Waals surface area contributed by atoms with Gasteiger partial charge in [0.25, 0.3) is 5.91 Å². The maximum Gasteiger partial charge on any atom is 0.255 e. The summed E-state index contributed by atoms with van der Waals surface area (Å²) in [6, 6.07) is 3.33. The molecule has 3 atom stereocenters. The van der Waals surface area contributed by atoms with Crippen molar-refractivity contribution in [3.05, 3.63) is 23.3 Å². The summed E-state index contributed by atoms with van der Waals surface area (Å²) in [6.07, 6.45) is 3.17. The average Bonchev–Trinajstić information content (AvgIpc) is 2.58. The van der Waals surface area contributed by atoms with E-state index in [9.17, 15) is 14.7 Å². The molecule has 1 aromatic rings. The van der Waals surface area contributed by atoms with Gasteiger partial charge in [-0.2, -0.15) is 0 Å². The molecule has 1 heterocycles. The number of benzene rings is 1. The zero-order valence-electron chi connectivity index (χ0n) is 15.9. The first-order chi connectivity index (χ1) is 12.2. The number of nitrogens with one attached hydrogen (secondary N) is 2. The number of ether oxygens (including phenoxy) is 1. The van der Waals surface area contributed by atoms with Crippen LogP contribution in [0.1, 0.15) is 61.9 Å². The van der Waals surface area contributed by atoms with Crippen molar-refractivity contribution in [3.8, 4) is 11.5 Å². The van der Waals surface area contributed by atoms with Gasteiger partial charge in [-0.25, -0.2) is 0 Å². The molecule has 0 spiro atoms. The Hall–Kier alpha value is -2.24. The van der Waals surface area contributed by atoms with Gasteiger partial charge in [-0.3, -0.25) is 9.59 Å². The van der Waals surface area contributed by atoms with Crippen molar-refractivity contribution in [3.63, 3.8) is 0 Å². The minimum absolute atomic E-state index is 0.0171. The molecule has 0 radical (unpaired) electrons. The van der Waals surface area contributed by atoms with E-state index < -0.39 is 5.91 Å². The van der Waals surface area contributed by atoms with Crippen molar-refractivity contribution >= 4 is 11.8 Å². The molecule has 6 heteroatoms. The lowest BCUT2D eigenvalue weighted by Crippen LogP contribution is -2.46. The van der Waals surface area contributed by atoms with Crippen molar-refractivity contribution < 1.29 is 19.4 Å². The Morgan fingerprint density at radius 3 is 2.73 bits per heavy atom. The van der Waals surface area contributed by atoms with Crippen LogP contribution in [0.15, 0.2) is 12.1 Å². The molecule has 0 aromatic heterocycles. The molecular weight excluding hydrogens is 332 g/mol. The van der Waals surface area contributed by atoms with E-state index in [4.69, 9.17) is 4.74 Å². The van der Waals surface area contributed by atoms with E-state index in [1.807, 2.05) is 0 Å². The maximum absolute atomic E-state index is 12.4. The van der Waals surface area contributed by atoms with Crippen LogP contribution < -0.4 is 15.4 Å². The molecule has 26 heavy (non-hydrogen) atoms. The standard InChI is InChI=1S/C20H28N2O4/c1-11-5-7-14-13(9-11)17-15(26-20(14,2)3)8-6-12(18(17)24)19(25)22-10-16(23)21-4/h6,8,11,13-14,24H,5,7,9-10H2,1-4H3,(H,21,23)(H,22,25)/t11-,13-,14-/m1/s1. The fourth-order valence-corrected chi connectivity index (χ4v) is 4.46. The molecule has 2 aliphatic rings. The number of hydrogen-bond donors (Lipinski definition) is 3. The largest absolute Gasteiger partial charge is 0.507 e. The highest BCUT2D eigenvalue weighted by molar-refractivity contribution is 5.99. The number of amides is 2. The summed E-state index contributed by atoms with van der Waals surface area (Å²) in [7, 11) is 1.51. The third-order valence-electron chi connectivity index (χ3n) is 5.86. The normalized spacial score (nSPS) is 26.1. The van der Waals surface area contributed by atoms with Crippen molar-refractivity contribution in [2.75, 3.05) is 13.6 Å². The fourth-order valence-electron chi connectivity index (χ4n) is 4.46. The topological polar surface area (TPSA) is 87.7 Å². The number of hydrogen-bond acceptors (Lipinski definition) is 4. The predicted molar refractivity (Wildman–Crippen MR) is 98.5 cm³/mol. The van der Waals surface area contributed by atoms with Crippen molar-refractivity contribution in [1.29, 1.82) is 0 Å². The molecule has 1 fully saturated rings. The highest BCUT2D eigenvalue weighted by Crippen LogP contribution is 2.55. The number of fused-ring (bicyclic) bond motifs is 3. The van der Waals surface area contributed by atoms with Gasteiger partial charge in [0.15, 0.2) is 0 Å². The van der Waals surface area contributed by atoms with Gasteiger partial charge < -0.3 is 20.5 Å². The summed E-state index contributed by atoms with van der Waals surface area (Å²) in [5.41, 5.74) is 0.633. The highest BCUT2D eigenvalue weighted by atomic mass is 16.5. The molecule has 1 saturated carbocycles. The number of carbonyl (C=O) groups excluding carboxylic acids is 2. The second-order valence-electron chi connectivity index (χ2n) is 8.07. The Bertz CT molecular complexity index is 729. The summed E-state index contributed by atoms with van der Waals surface area (Å²) in [5, 5.41) is 15.9. The summed E-state index contributed by atoms with van der Waals surface area (Å²) in [5.74, 6) is 0.942. The molecule has 1 aromatic carbocycles. The summed E-state index contributed by atoms with van der Waals surface area (Å²) in [6.45, 7) is 6.31. The molecule has 0 saturated heterocycles. The molecule has 2 amide bonds. The number of rotatable bonds is 3. The minimum atomic E-state index is -0.459. The second kappa shape index (κ2) is 6.82. The monoisotopic (exact) mass is 360 g/mol. The first kappa shape index (κ1) is 18.5. The molecule has 142 valence electrons. The van der Waals surface area contributed by atoms with Crippen LogP contribution in [0.25, 0.3) is 0 Å². The number of phenolic OH excluding ortho intramolecular Hbond substituents is 1. The van der Waals surface area contributed by atoms with Gasteiger partial charge in [-0.05, 0) is 50.7 Å². The SMILES string of the molecule is CNC(=O)CNC(=O)c1ccc2c(c1O)[C@@H]1C[C@H](C)CC[C@H]1C(C)(C)O2. The van der Waals surface area contributed by atoms with Gasteiger partial charge in [-0.1, -0.05) is 13.3 Å². The molecule has 1 aliphatic heterocycles. The fraction of sp³-hybridized carbons (Fsp3) is 0.600. The van der Waals surface area contributed by atoms with Crippen LogP contribution in [-0.2, 0) is 4.79 Å². The van der Waals surface area contributed by atoms with Crippen LogP contribution in [0.3, 0.4) is 0 Å². The van der Waals surface area contributed by atoms with Gasteiger partial charge in [0.1, 0.15) is 17.1 Å².